The van der Waals surface area contributed by atoms with Gasteiger partial charge in [0.15, 0.2) is 0 Å². The number of carbonyl (C=O) groups excluding carboxylic acids is 1. The number of phenols is 1. The fourth-order valence-electron chi connectivity index (χ4n) is 2.75. The molecule has 21 heavy (non-hydrogen) atoms. The van der Waals surface area contributed by atoms with E-state index in [4.69, 9.17) is 4.74 Å². The van der Waals surface area contributed by atoms with E-state index in [1.165, 1.54) is 0 Å². The summed E-state index contributed by atoms with van der Waals surface area (Å²) >= 11 is 0. The summed E-state index contributed by atoms with van der Waals surface area (Å²) in [5.41, 5.74) is 0.364. The minimum absolute atomic E-state index is 0.0269. The maximum Gasteiger partial charge on any atom is 0.257 e. The summed E-state index contributed by atoms with van der Waals surface area (Å²) in [6.45, 7) is 3.86. The van der Waals surface area contributed by atoms with Crippen LogP contribution in [0, 0.1) is 0 Å². The molecular weight excluding hydrogens is 266 g/mol. The molecule has 2 aromatic rings. The molecule has 3 rings (SSSR count). The van der Waals surface area contributed by atoms with Crippen molar-refractivity contribution in [3.63, 3.8) is 0 Å². The van der Waals surface area contributed by atoms with E-state index in [0.29, 0.717) is 25.3 Å². The minimum atomic E-state index is -0.129. The normalized spacial score (nSPS) is 19.5. The summed E-state index contributed by atoms with van der Waals surface area (Å²) < 4.78 is 5.56. The number of benzene rings is 2. The van der Waals surface area contributed by atoms with E-state index in [1.807, 2.05) is 31.2 Å². The van der Waals surface area contributed by atoms with E-state index in [-0.39, 0.29) is 17.8 Å². The van der Waals surface area contributed by atoms with Crippen molar-refractivity contribution >= 4 is 16.7 Å². The summed E-state index contributed by atoms with van der Waals surface area (Å²) in [6, 6.07) is 11.1. The first-order valence-electron chi connectivity index (χ1n) is 7.28. The zero-order chi connectivity index (χ0) is 14.8. The van der Waals surface area contributed by atoms with Crippen molar-refractivity contribution in [1.29, 1.82) is 0 Å². The molecule has 0 spiro atoms. The number of amides is 1. The Bertz CT molecular complexity index is 668. The van der Waals surface area contributed by atoms with Crippen LogP contribution in [0.5, 0.6) is 5.75 Å². The van der Waals surface area contributed by atoms with Gasteiger partial charge in [-0.2, -0.15) is 0 Å². The molecular formula is C17H19NO3. The molecule has 110 valence electrons. The molecule has 0 unspecified atom stereocenters. The fraction of sp³-hybridized carbons (Fsp3) is 0.353. The second-order valence-electron chi connectivity index (χ2n) is 5.50. The third kappa shape index (κ3) is 2.85. The number of ether oxygens (including phenoxy) is 1. The molecule has 0 aromatic heterocycles. The van der Waals surface area contributed by atoms with Crippen LogP contribution in [0.25, 0.3) is 10.8 Å². The molecule has 1 amide bonds. The van der Waals surface area contributed by atoms with E-state index in [1.54, 1.807) is 17.0 Å². The van der Waals surface area contributed by atoms with Gasteiger partial charge in [-0.1, -0.05) is 24.3 Å². The van der Waals surface area contributed by atoms with Gasteiger partial charge in [-0.05, 0) is 36.2 Å². The number of nitrogens with zero attached hydrogens (tertiary/aromatic N) is 1. The van der Waals surface area contributed by atoms with Crippen LogP contribution in [0.15, 0.2) is 36.4 Å². The molecule has 1 N–H and O–H groups in total. The molecule has 1 aliphatic heterocycles. The van der Waals surface area contributed by atoms with Gasteiger partial charge in [0.25, 0.3) is 5.91 Å². The molecule has 0 saturated carbocycles. The van der Waals surface area contributed by atoms with Crippen LogP contribution < -0.4 is 0 Å². The van der Waals surface area contributed by atoms with Gasteiger partial charge in [-0.3, -0.25) is 4.79 Å². The summed E-state index contributed by atoms with van der Waals surface area (Å²) in [5, 5.41) is 12.1. The zero-order valence-electron chi connectivity index (χ0n) is 12.1. The molecule has 2 aromatic carbocycles. The monoisotopic (exact) mass is 285 g/mol. The number of hydrogen-bond acceptors (Lipinski definition) is 3. The lowest BCUT2D eigenvalue weighted by molar-refractivity contribution is 0.0561. The molecule has 1 saturated heterocycles. The Labute approximate surface area is 123 Å². The van der Waals surface area contributed by atoms with Crippen molar-refractivity contribution in [3.8, 4) is 5.75 Å². The van der Waals surface area contributed by atoms with Crippen LogP contribution in [0.4, 0.5) is 0 Å². The molecule has 0 radical (unpaired) electrons. The number of carbonyl (C=O) groups is 1. The third-order valence-corrected chi connectivity index (χ3v) is 3.83. The van der Waals surface area contributed by atoms with Gasteiger partial charge in [-0.25, -0.2) is 0 Å². The predicted molar refractivity (Wildman–Crippen MR) is 81.5 cm³/mol. The number of fused-ring (bicyclic) bond motifs is 1. The maximum absolute atomic E-state index is 12.7. The van der Waals surface area contributed by atoms with Crippen molar-refractivity contribution in [2.75, 3.05) is 19.7 Å². The fourth-order valence-corrected chi connectivity index (χ4v) is 2.75. The van der Waals surface area contributed by atoms with E-state index < -0.39 is 0 Å². The molecule has 0 aliphatic carbocycles. The average molecular weight is 285 g/mol. The van der Waals surface area contributed by atoms with Crippen LogP contribution >= 0.6 is 0 Å². The van der Waals surface area contributed by atoms with Crippen LogP contribution in [-0.4, -0.2) is 41.7 Å². The Balaban J connectivity index is 1.95. The molecule has 1 fully saturated rings. The highest BCUT2D eigenvalue weighted by molar-refractivity contribution is 6.01. The lowest BCUT2D eigenvalue weighted by Crippen LogP contribution is -2.35. The van der Waals surface area contributed by atoms with Crippen LogP contribution in [0.1, 0.15) is 23.7 Å². The van der Waals surface area contributed by atoms with E-state index in [0.717, 1.165) is 17.2 Å². The summed E-state index contributed by atoms with van der Waals surface area (Å²) in [7, 11) is 0. The molecule has 1 atom stereocenters. The topological polar surface area (TPSA) is 49.8 Å². The lowest BCUT2D eigenvalue weighted by Gasteiger charge is -2.22. The number of phenolic OH excluding ortho intramolecular Hbond substituents is 1. The van der Waals surface area contributed by atoms with Gasteiger partial charge in [-0.15, -0.1) is 0 Å². The van der Waals surface area contributed by atoms with Gasteiger partial charge >= 0.3 is 0 Å². The lowest BCUT2D eigenvalue weighted by atomic mass is 10.0. The van der Waals surface area contributed by atoms with Gasteiger partial charge < -0.3 is 14.7 Å². The Morgan fingerprint density at radius 3 is 2.76 bits per heavy atom. The largest absolute Gasteiger partial charge is 0.507 e. The van der Waals surface area contributed by atoms with Crippen LogP contribution in [0.2, 0.25) is 0 Å². The Morgan fingerprint density at radius 1 is 1.29 bits per heavy atom. The maximum atomic E-state index is 12.7. The standard InChI is InChI=1S/C17H19NO3/c1-12-11-18(7-4-8-21-12)17(20)15-9-13-5-2-3-6-14(13)10-16(15)19/h2-3,5-6,9-10,12,19H,4,7-8,11H2,1H3/t12-/m0/s1. The predicted octanol–water partition coefficient (Wildman–Crippen LogP) is 2.80. The summed E-state index contributed by atoms with van der Waals surface area (Å²) in [5.74, 6) is -0.0906. The first kappa shape index (κ1) is 13.9. The zero-order valence-corrected chi connectivity index (χ0v) is 12.1. The molecule has 0 bridgehead atoms. The third-order valence-electron chi connectivity index (χ3n) is 3.83. The average Bonchev–Trinajstić information content (AvgIpc) is 2.70. The smallest absolute Gasteiger partial charge is 0.257 e. The summed E-state index contributed by atoms with van der Waals surface area (Å²) in [4.78, 5) is 14.4. The second-order valence-corrected chi connectivity index (χ2v) is 5.50. The van der Waals surface area contributed by atoms with Gasteiger partial charge in [0, 0.05) is 19.7 Å². The molecule has 1 aliphatic rings. The second kappa shape index (κ2) is 5.74. The quantitative estimate of drug-likeness (QED) is 0.876. The number of aromatic hydroxyl groups is 1. The highest BCUT2D eigenvalue weighted by atomic mass is 16.5. The van der Waals surface area contributed by atoms with E-state index >= 15 is 0 Å². The summed E-state index contributed by atoms with van der Waals surface area (Å²) in [6.07, 6.45) is 0.851. The van der Waals surface area contributed by atoms with Crippen molar-refractivity contribution < 1.29 is 14.6 Å². The van der Waals surface area contributed by atoms with Crippen molar-refractivity contribution in [1.82, 2.24) is 4.90 Å². The molecule has 1 heterocycles. The van der Waals surface area contributed by atoms with Crippen molar-refractivity contribution in [2.24, 2.45) is 0 Å². The minimum Gasteiger partial charge on any atom is -0.507 e. The Kier molecular flexibility index (Phi) is 3.80. The highest BCUT2D eigenvalue weighted by Gasteiger charge is 2.23. The van der Waals surface area contributed by atoms with E-state index in [9.17, 15) is 9.90 Å². The van der Waals surface area contributed by atoms with Crippen LogP contribution in [-0.2, 0) is 4.74 Å². The van der Waals surface area contributed by atoms with E-state index in [2.05, 4.69) is 0 Å². The molecule has 4 heteroatoms. The Hall–Kier alpha value is -2.07. The van der Waals surface area contributed by atoms with Crippen LogP contribution in [0.3, 0.4) is 0 Å². The highest BCUT2D eigenvalue weighted by Crippen LogP contribution is 2.26. The van der Waals surface area contributed by atoms with Crippen molar-refractivity contribution in [2.45, 2.75) is 19.4 Å². The van der Waals surface area contributed by atoms with Gasteiger partial charge in [0.1, 0.15) is 5.75 Å². The van der Waals surface area contributed by atoms with Gasteiger partial charge in [0.2, 0.25) is 0 Å². The number of rotatable bonds is 1. The SMILES string of the molecule is C[C@H]1CN(C(=O)c2cc3ccccc3cc2O)CCCO1. The number of hydrogen-bond donors (Lipinski definition) is 1. The first-order chi connectivity index (χ1) is 10.1. The first-order valence-corrected chi connectivity index (χ1v) is 7.28. The Morgan fingerprint density at radius 2 is 2.00 bits per heavy atom. The van der Waals surface area contributed by atoms with Crippen molar-refractivity contribution in [3.05, 3.63) is 42.0 Å². The van der Waals surface area contributed by atoms with Gasteiger partial charge in [0.05, 0.1) is 11.7 Å². The molecule has 4 nitrogen and oxygen atoms in total.